The smallest absolute Gasteiger partial charge is 0.243 e. The number of morpholine rings is 1. The maximum Gasteiger partial charge on any atom is 0.243 e. The molecule has 9 heteroatoms. The van der Waals surface area contributed by atoms with Crippen molar-refractivity contribution in [3.8, 4) is 5.95 Å². The average molecular weight is 409 g/mol. The molecule has 0 spiro atoms. The van der Waals surface area contributed by atoms with Crippen LogP contribution in [0.25, 0.3) is 17.0 Å². The van der Waals surface area contributed by atoms with Crippen molar-refractivity contribution in [2.24, 2.45) is 0 Å². The van der Waals surface area contributed by atoms with Crippen LogP contribution in [-0.4, -0.2) is 62.9 Å². The number of anilines is 3. The highest BCUT2D eigenvalue weighted by atomic mass is 16.5. The number of rotatable bonds is 3. The Balaban J connectivity index is 1.65. The first-order valence-electron chi connectivity index (χ1n) is 10.7. The zero-order chi connectivity index (χ0) is 20.7. The molecule has 0 saturated carbocycles. The van der Waals surface area contributed by atoms with Crippen LogP contribution in [-0.2, 0) is 4.74 Å². The first kappa shape index (κ1) is 19.0. The molecule has 3 aromatic rings. The first-order valence-corrected chi connectivity index (χ1v) is 10.7. The van der Waals surface area contributed by atoms with Crippen molar-refractivity contribution in [2.75, 3.05) is 41.8 Å². The zero-order valence-electron chi connectivity index (χ0n) is 17.5. The van der Waals surface area contributed by atoms with Gasteiger partial charge in [-0.3, -0.25) is 0 Å². The third-order valence-corrected chi connectivity index (χ3v) is 6.17. The van der Waals surface area contributed by atoms with Crippen LogP contribution in [0.5, 0.6) is 0 Å². The summed E-state index contributed by atoms with van der Waals surface area (Å²) in [4.78, 5) is 23.5. The number of ether oxygens (including phenoxy) is 1. The van der Waals surface area contributed by atoms with Gasteiger partial charge >= 0.3 is 0 Å². The molecule has 2 unspecified atom stereocenters. The van der Waals surface area contributed by atoms with Crippen LogP contribution >= 0.6 is 0 Å². The van der Waals surface area contributed by atoms with E-state index in [-0.39, 0.29) is 12.1 Å². The minimum atomic E-state index is 0.108. The number of para-hydroxylation sites is 2. The molecule has 0 bridgehead atoms. The molecule has 2 atom stereocenters. The molecule has 158 valence electrons. The molecule has 2 aliphatic heterocycles. The maximum atomic E-state index is 6.30. The standard InChI is InChI=1S/C21H28N8O/c1-14-15(2)30-13-12-28(14)20-24-19(27-10-6-3-7-11-27)25-21(26-20)29-17-9-5-4-8-16(17)23-18(29)22/h4-5,8-9,14-15H,3,6-7,10-13H2,1-2H3,(H2,22,23). The topological polar surface area (TPSA) is 98.2 Å². The number of hydrogen-bond acceptors (Lipinski definition) is 8. The number of hydrogen-bond donors (Lipinski definition) is 1. The van der Waals surface area contributed by atoms with Gasteiger partial charge in [0, 0.05) is 19.6 Å². The molecule has 9 nitrogen and oxygen atoms in total. The fraction of sp³-hybridized carbons (Fsp3) is 0.524. The van der Waals surface area contributed by atoms with Crippen molar-refractivity contribution in [3.63, 3.8) is 0 Å². The van der Waals surface area contributed by atoms with E-state index in [0.29, 0.717) is 30.4 Å². The molecule has 4 heterocycles. The van der Waals surface area contributed by atoms with Crippen LogP contribution in [0.3, 0.4) is 0 Å². The molecule has 2 aromatic heterocycles. The Labute approximate surface area is 175 Å². The quantitative estimate of drug-likeness (QED) is 0.705. The lowest BCUT2D eigenvalue weighted by Gasteiger charge is -2.38. The van der Waals surface area contributed by atoms with E-state index in [9.17, 15) is 0 Å². The largest absolute Gasteiger partial charge is 0.375 e. The lowest BCUT2D eigenvalue weighted by atomic mass is 10.1. The Kier molecular flexibility index (Phi) is 4.90. The summed E-state index contributed by atoms with van der Waals surface area (Å²) in [5.74, 6) is 2.26. The molecular formula is C21H28N8O. The lowest BCUT2D eigenvalue weighted by Crippen LogP contribution is -2.49. The molecule has 5 rings (SSSR count). The maximum absolute atomic E-state index is 6.30. The molecule has 2 N–H and O–H groups in total. The summed E-state index contributed by atoms with van der Waals surface area (Å²) in [5.41, 5.74) is 8.01. The number of fused-ring (bicyclic) bond motifs is 1. The van der Waals surface area contributed by atoms with Crippen LogP contribution in [0.15, 0.2) is 24.3 Å². The number of piperidine rings is 1. The van der Waals surface area contributed by atoms with Crippen molar-refractivity contribution in [2.45, 2.75) is 45.3 Å². The number of imidazole rings is 1. The van der Waals surface area contributed by atoms with Crippen LogP contribution in [0, 0.1) is 0 Å². The lowest BCUT2D eigenvalue weighted by molar-refractivity contribution is 0.0277. The molecule has 0 aliphatic carbocycles. The van der Waals surface area contributed by atoms with Crippen LogP contribution in [0.1, 0.15) is 33.1 Å². The number of aromatic nitrogens is 5. The predicted molar refractivity (Wildman–Crippen MR) is 117 cm³/mol. The Morgan fingerprint density at radius 3 is 2.47 bits per heavy atom. The normalized spacial score (nSPS) is 22.6. The van der Waals surface area contributed by atoms with Gasteiger partial charge in [-0.1, -0.05) is 12.1 Å². The molecule has 2 fully saturated rings. The fourth-order valence-corrected chi connectivity index (χ4v) is 4.28. The van der Waals surface area contributed by atoms with E-state index in [1.54, 1.807) is 0 Å². The Morgan fingerprint density at radius 2 is 1.63 bits per heavy atom. The molecule has 1 aromatic carbocycles. The second-order valence-electron chi connectivity index (χ2n) is 8.09. The van der Waals surface area contributed by atoms with E-state index in [4.69, 9.17) is 25.4 Å². The third-order valence-electron chi connectivity index (χ3n) is 6.17. The highest BCUT2D eigenvalue weighted by molar-refractivity contribution is 5.80. The van der Waals surface area contributed by atoms with Gasteiger partial charge in [-0.25, -0.2) is 9.55 Å². The van der Waals surface area contributed by atoms with Crippen LogP contribution in [0.2, 0.25) is 0 Å². The first-order chi connectivity index (χ1) is 14.6. The number of nitrogen functional groups attached to an aromatic ring is 1. The second kappa shape index (κ2) is 7.71. The zero-order valence-corrected chi connectivity index (χ0v) is 17.5. The van der Waals surface area contributed by atoms with Gasteiger partial charge in [0.05, 0.1) is 29.8 Å². The number of benzene rings is 1. The van der Waals surface area contributed by atoms with Gasteiger partial charge in [-0.2, -0.15) is 15.0 Å². The summed E-state index contributed by atoms with van der Waals surface area (Å²) in [7, 11) is 0. The van der Waals surface area contributed by atoms with E-state index in [2.05, 4.69) is 28.6 Å². The van der Waals surface area contributed by atoms with Crippen LogP contribution in [0.4, 0.5) is 17.8 Å². The molecule has 2 saturated heterocycles. The van der Waals surface area contributed by atoms with Crippen molar-refractivity contribution >= 4 is 28.9 Å². The molecule has 30 heavy (non-hydrogen) atoms. The number of nitrogens with zero attached hydrogens (tertiary/aromatic N) is 7. The molecule has 0 amide bonds. The summed E-state index contributed by atoms with van der Waals surface area (Å²) < 4.78 is 7.63. The summed E-state index contributed by atoms with van der Waals surface area (Å²) in [6, 6.07) is 8.02. The highest BCUT2D eigenvalue weighted by Gasteiger charge is 2.29. The van der Waals surface area contributed by atoms with Gasteiger partial charge in [0.25, 0.3) is 0 Å². The van der Waals surface area contributed by atoms with Gasteiger partial charge in [0.1, 0.15) is 0 Å². The fourth-order valence-electron chi connectivity index (χ4n) is 4.28. The summed E-state index contributed by atoms with van der Waals surface area (Å²) in [6.45, 7) is 7.55. The van der Waals surface area contributed by atoms with E-state index >= 15 is 0 Å². The summed E-state index contributed by atoms with van der Waals surface area (Å²) in [6.07, 6.45) is 3.66. The van der Waals surface area contributed by atoms with Crippen molar-refractivity contribution < 1.29 is 4.74 Å². The monoisotopic (exact) mass is 408 g/mol. The van der Waals surface area contributed by atoms with Gasteiger partial charge in [-0.15, -0.1) is 0 Å². The molecule has 2 aliphatic rings. The van der Waals surface area contributed by atoms with Crippen molar-refractivity contribution in [1.29, 1.82) is 0 Å². The summed E-state index contributed by atoms with van der Waals surface area (Å²) >= 11 is 0. The van der Waals surface area contributed by atoms with E-state index in [1.165, 1.54) is 6.42 Å². The predicted octanol–water partition coefficient (Wildman–Crippen LogP) is 2.40. The highest BCUT2D eigenvalue weighted by Crippen LogP contribution is 2.27. The average Bonchev–Trinajstić information content (AvgIpc) is 3.11. The van der Waals surface area contributed by atoms with E-state index in [0.717, 1.165) is 43.5 Å². The molecular weight excluding hydrogens is 380 g/mol. The minimum Gasteiger partial charge on any atom is -0.375 e. The van der Waals surface area contributed by atoms with E-state index < -0.39 is 0 Å². The second-order valence-corrected chi connectivity index (χ2v) is 8.09. The van der Waals surface area contributed by atoms with Gasteiger partial charge in [0.15, 0.2) is 0 Å². The van der Waals surface area contributed by atoms with Crippen molar-refractivity contribution in [3.05, 3.63) is 24.3 Å². The van der Waals surface area contributed by atoms with Crippen molar-refractivity contribution in [1.82, 2.24) is 24.5 Å². The van der Waals surface area contributed by atoms with Gasteiger partial charge in [0.2, 0.25) is 23.8 Å². The Hall–Kier alpha value is -2.94. The third kappa shape index (κ3) is 3.32. The SMILES string of the molecule is CC1OCCN(c2nc(N3CCCCC3)nc(-n3c(N)nc4ccccc43)n2)C1C. The molecule has 0 radical (unpaired) electrons. The number of nitrogens with two attached hydrogens (primary N) is 1. The summed E-state index contributed by atoms with van der Waals surface area (Å²) in [5, 5.41) is 0. The van der Waals surface area contributed by atoms with E-state index in [1.807, 2.05) is 28.8 Å². The Morgan fingerprint density at radius 1 is 0.900 bits per heavy atom. The van der Waals surface area contributed by atoms with Crippen LogP contribution < -0.4 is 15.5 Å². The van der Waals surface area contributed by atoms with Gasteiger partial charge in [-0.05, 0) is 45.2 Å². The van der Waals surface area contributed by atoms with Gasteiger partial charge < -0.3 is 20.3 Å². The Bertz CT molecular complexity index is 1040. The minimum absolute atomic E-state index is 0.108.